The van der Waals surface area contributed by atoms with E-state index in [4.69, 9.17) is 9.47 Å². The molecule has 0 spiro atoms. The maximum absolute atomic E-state index is 11.1. The summed E-state index contributed by atoms with van der Waals surface area (Å²) in [7, 11) is 0. The fourth-order valence-corrected chi connectivity index (χ4v) is 2.38. The van der Waals surface area contributed by atoms with Crippen molar-refractivity contribution in [2.24, 2.45) is 4.99 Å². The Kier molecular flexibility index (Phi) is 6.43. The zero-order chi connectivity index (χ0) is 16.2. The molecule has 5 nitrogen and oxygen atoms in total. The first kappa shape index (κ1) is 18.5. The van der Waals surface area contributed by atoms with Crippen LogP contribution in [-0.2, 0) is 16.1 Å². The Hall–Kier alpha value is -1.82. The van der Waals surface area contributed by atoms with Gasteiger partial charge in [0.1, 0.15) is 24.5 Å². The van der Waals surface area contributed by atoms with Crippen LogP contribution in [0.1, 0.15) is 18.1 Å². The molecular formula is C18H16NNaO4. The third kappa shape index (κ3) is 4.17. The van der Waals surface area contributed by atoms with Gasteiger partial charge in [-0.3, -0.25) is 0 Å². The quantitative estimate of drug-likeness (QED) is 0.628. The Morgan fingerprint density at radius 2 is 1.83 bits per heavy atom. The summed E-state index contributed by atoms with van der Waals surface area (Å²) in [5.74, 6) is -0.369. The first-order valence-corrected chi connectivity index (χ1v) is 7.36. The van der Waals surface area contributed by atoms with Crippen LogP contribution in [0.25, 0.3) is 0 Å². The second kappa shape index (κ2) is 8.33. The Labute approximate surface area is 162 Å². The molecule has 24 heavy (non-hydrogen) atoms. The van der Waals surface area contributed by atoms with Gasteiger partial charge in [0.25, 0.3) is 0 Å². The maximum Gasteiger partial charge on any atom is 1.00 e. The third-order valence-electron chi connectivity index (χ3n) is 3.59. The van der Waals surface area contributed by atoms with Gasteiger partial charge >= 0.3 is 29.6 Å². The standard InChI is InChI=1S/C18H17NO4.Na/c1-12-16(18(20)21)19-17(23-12)14-9-5-6-10-15(14)22-11-13-7-3-2-4-8-13;/h2-10,12,16H,11H2,1H3,(H,20,21);/q;+1/p-1/t12-,16+;/m1./s1. The molecule has 0 fully saturated rings. The summed E-state index contributed by atoms with van der Waals surface area (Å²) in [5, 5.41) is 11.1. The van der Waals surface area contributed by atoms with Gasteiger partial charge in [-0.2, -0.15) is 0 Å². The van der Waals surface area contributed by atoms with Crippen molar-refractivity contribution < 1.29 is 48.9 Å². The molecule has 0 bridgehead atoms. The van der Waals surface area contributed by atoms with Gasteiger partial charge in [0.05, 0.1) is 11.5 Å². The monoisotopic (exact) mass is 333 g/mol. The van der Waals surface area contributed by atoms with Gasteiger partial charge in [-0.25, -0.2) is 4.99 Å². The molecule has 2 aromatic rings. The van der Waals surface area contributed by atoms with E-state index in [0.717, 1.165) is 5.56 Å². The number of rotatable bonds is 5. The number of hydrogen-bond acceptors (Lipinski definition) is 5. The van der Waals surface area contributed by atoms with Crippen LogP contribution in [-0.4, -0.2) is 24.0 Å². The summed E-state index contributed by atoms with van der Waals surface area (Å²) in [6, 6.07) is 16.1. The molecule has 2 aromatic carbocycles. The Morgan fingerprint density at radius 1 is 1.17 bits per heavy atom. The first-order valence-electron chi connectivity index (χ1n) is 7.36. The number of carbonyl (C=O) groups excluding carboxylic acids is 1. The number of ether oxygens (including phenoxy) is 2. The average Bonchev–Trinajstić information content (AvgIpc) is 2.96. The van der Waals surface area contributed by atoms with Crippen LogP contribution in [0, 0.1) is 0 Å². The number of aliphatic carboxylic acids is 1. The molecule has 0 saturated carbocycles. The molecule has 3 rings (SSSR count). The van der Waals surface area contributed by atoms with Gasteiger partial charge < -0.3 is 19.4 Å². The maximum atomic E-state index is 11.1. The van der Waals surface area contributed by atoms with Crippen molar-refractivity contribution in [3.05, 3.63) is 65.7 Å². The molecule has 0 aromatic heterocycles. The van der Waals surface area contributed by atoms with Gasteiger partial charge in [-0.05, 0) is 24.6 Å². The van der Waals surface area contributed by atoms with Crippen molar-refractivity contribution >= 4 is 11.9 Å². The number of carboxylic acids is 1. The van der Waals surface area contributed by atoms with Crippen molar-refractivity contribution in [2.75, 3.05) is 0 Å². The fraction of sp³-hybridized carbons (Fsp3) is 0.222. The average molecular weight is 333 g/mol. The van der Waals surface area contributed by atoms with Crippen LogP contribution < -0.4 is 39.4 Å². The van der Waals surface area contributed by atoms with Crippen LogP contribution in [0.15, 0.2) is 59.6 Å². The summed E-state index contributed by atoms with van der Waals surface area (Å²) in [5.41, 5.74) is 1.68. The first-order chi connectivity index (χ1) is 11.1. The number of carboxylic acid groups (broad SMARTS) is 1. The van der Waals surface area contributed by atoms with Crippen molar-refractivity contribution in [3.63, 3.8) is 0 Å². The SMILES string of the molecule is C[C@H]1OC(c2ccccc2OCc2ccccc2)=N[C@@H]1C(=O)[O-].[Na+]. The van der Waals surface area contributed by atoms with Crippen LogP contribution in [0.3, 0.4) is 0 Å². The molecular weight excluding hydrogens is 317 g/mol. The molecule has 0 aliphatic carbocycles. The van der Waals surface area contributed by atoms with Crippen LogP contribution in [0.4, 0.5) is 0 Å². The van der Waals surface area contributed by atoms with Crippen LogP contribution in [0.5, 0.6) is 5.75 Å². The van der Waals surface area contributed by atoms with E-state index in [1.807, 2.05) is 42.5 Å². The van der Waals surface area contributed by atoms with E-state index in [2.05, 4.69) is 4.99 Å². The van der Waals surface area contributed by atoms with Crippen LogP contribution in [0.2, 0.25) is 0 Å². The van der Waals surface area contributed by atoms with E-state index in [1.165, 1.54) is 0 Å². The number of carbonyl (C=O) groups is 1. The predicted octanol–water partition coefficient (Wildman–Crippen LogP) is -1.45. The molecule has 118 valence electrons. The van der Waals surface area contributed by atoms with Crippen molar-refractivity contribution in [1.82, 2.24) is 0 Å². The van der Waals surface area contributed by atoms with Crippen molar-refractivity contribution in [1.29, 1.82) is 0 Å². The van der Waals surface area contributed by atoms with Gasteiger partial charge in [0.15, 0.2) is 0 Å². The molecule has 0 unspecified atom stereocenters. The predicted molar refractivity (Wildman–Crippen MR) is 83.1 cm³/mol. The zero-order valence-corrected chi connectivity index (χ0v) is 15.6. The van der Waals surface area contributed by atoms with Crippen molar-refractivity contribution in [2.45, 2.75) is 25.7 Å². The second-order valence-corrected chi connectivity index (χ2v) is 5.29. The van der Waals surface area contributed by atoms with Crippen LogP contribution >= 0.6 is 0 Å². The van der Waals surface area contributed by atoms with E-state index in [1.54, 1.807) is 19.1 Å². The van der Waals surface area contributed by atoms with E-state index >= 15 is 0 Å². The van der Waals surface area contributed by atoms with Crippen molar-refractivity contribution in [3.8, 4) is 5.75 Å². The van der Waals surface area contributed by atoms with Gasteiger partial charge in [-0.15, -0.1) is 0 Å². The number of nitrogens with zero attached hydrogens (tertiary/aromatic N) is 1. The van der Waals surface area contributed by atoms with Gasteiger partial charge in [0, 0.05) is 0 Å². The van der Waals surface area contributed by atoms with Gasteiger partial charge in [0.2, 0.25) is 5.90 Å². The topological polar surface area (TPSA) is 71.0 Å². The number of hydrogen-bond donors (Lipinski definition) is 0. The number of aliphatic imine (C=N–C) groups is 1. The zero-order valence-electron chi connectivity index (χ0n) is 13.6. The molecule has 2 atom stereocenters. The molecule has 0 radical (unpaired) electrons. The number of benzene rings is 2. The summed E-state index contributed by atoms with van der Waals surface area (Å²) >= 11 is 0. The molecule has 1 aliphatic rings. The molecule has 0 N–H and O–H groups in total. The normalized spacial score (nSPS) is 19.0. The van der Waals surface area contributed by atoms with E-state index in [0.29, 0.717) is 17.9 Å². The molecule has 0 amide bonds. The third-order valence-corrected chi connectivity index (χ3v) is 3.59. The molecule has 1 aliphatic heterocycles. The largest absolute Gasteiger partial charge is 1.00 e. The van der Waals surface area contributed by atoms with Gasteiger partial charge in [-0.1, -0.05) is 42.5 Å². The summed E-state index contributed by atoms with van der Waals surface area (Å²) < 4.78 is 11.4. The van der Waals surface area contributed by atoms with E-state index in [9.17, 15) is 9.90 Å². The molecule has 0 saturated heterocycles. The second-order valence-electron chi connectivity index (χ2n) is 5.29. The molecule has 1 heterocycles. The fourth-order valence-electron chi connectivity index (χ4n) is 2.38. The minimum Gasteiger partial charge on any atom is -0.548 e. The minimum atomic E-state index is -1.24. The summed E-state index contributed by atoms with van der Waals surface area (Å²) in [4.78, 5) is 15.2. The Bertz CT molecular complexity index is 733. The van der Waals surface area contributed by atoms with E-state index in [-0.39, 0.29) is 35.5 Å². The summed E-state index contributed by atoms with van der Waals surface area (Å²) in [6.07, 6.45) is -0.558. The Morgan fingerprint density at radius 3 is 2.50 bits per heavy atom. The summed E-state index contributed by atoms with van der Waals surface area (Å²) in [6.45, 7) is 2.06. The minimum absolute atomic E-state index is 0. The van der Waals surface area contributed by atoms with E-state index < -0.39 is 18.1 Å². The number of para-hydroxylation sites is 1. The molecule has 6 heteroatoms. The Balaban J connectivity index is 0.00000208. The smallest absolute Gasteiger partial charge is 0.548 e.